The molecule has 0 unspecified atom stereocenters. The summed E-state index contributed by atoms with van der Waals surface area (Å²) in [5, 5.41) is 13.8. The van der Waals surface area contributed by atoms with Crippen molar-refractivity contribution in [2.75, 3.05) is 19.6 Å². The van der Waals surface area contributed by atoms with Crippen molar-refractivity contribution in [3.63, 3.8) is 0 Å². The maximum absolute atomic E-state index is 4.79. The standard InChI is InChI=1S/C20H31N5/c1-5-21-19(22-13-9-10-17-14-24-25-16(17)2)23-15-20(3,4)18-11-7-6-8-12-18/h6-8,11-12,14H,5,9-10,13,15H2,1-4H3,(H,24,25)(H2,21,22,23). The molecule has 1 aromatic heterocycles. The minimum absolute atomic E-state index is 0.0114. The summed E-state index contributed by atoms with van der Waals surface area (Å²) in [7, 11) is 0. The van der Waals surface area contributed by atoms with E-state index in [0.717, 1.165) is 44.1 Å². The molecule has 0 saturated heterocycles. The van der Waals surface area contributed by atoms with Crippen molar-refractivity contribution < 1.29 is 0 Å². The van der Waals surface area contributed by atoms with E-state index in [4.69, 9.17) is 4.99 Å². The van der Waals surface area contributed by atoms with E-state index in [-0.39, 0.29) is 5.41 Å². The van der Waals surface area contributed by atoms with Crippen LogP contribution in [0.5, 0.6) is 0 Å². The number of benzene rings is 1. The minimum Gasteiger partial charge on any atom is -0.357 e. The molecule has 0 aliphatic carbocycles. The highest BCUT2D eigenvalue weighted by atomic mass is 15.2. The van der Waals surface area contributed by atoms with Crippen molar-refractivity contribution in [1.29, 1.82) is 0 Å². The molecule has 0 aliphatic heterocycles. The Morgan fingerprint density at radius 3 is 2.60 bits per heavy atom. The van der Waals surface area contributed by atoms with E-state index < -0.39 is 0 Å². The average Bonchev–Trinajstić information content (AvgIpc) is 3.02. The van der Waals surface area contributed by atoms with Crippen LogP contribution in [0.4, 0.5) is 0 Å². The lowest BCUT2D eigenvalue weighted by molar-refractivity contribution is 0.537. The summed E-state index contributed by atoms with van der Waals surface area (Å²) in [6, 6.07) is 10.6. The lowest BCUT2D eigenvalue weighted by Gasteiger charge is -2.24. The van der Waals surface area contributed by atoms with Gasteiger partial charge in [0.25, 0.3) is 0 Å². The van der Waals surface area contributed by atoms with Crippen LogP contribution in [0.1, 0.15) is 44.0 Å². The van der Waals surface area contributed by atoms with Crippen molar-refractivity contribution in [2.24, 2.45) is 4.99 Å². The van der Waals surface area contributed by atoms with Crippen LogP contribution in [0, 0.1) is 6.92 Å². The van der Waals surface area contributed by atoms with Crippen LogP contribution in [-0.4, -0.2) is 35.8 Å². The van der Waals surface area contributed by atoms with Crippen LogP contribution >= 0.6 is 0 Å². The van der Waals surface area contributed by atoms with E-state index in [9.17, 15) is 0 Å². The fraction of sp³-hybridized carbons (Fsp3) is 0.500. The molecule has 2 aromatic rings. The first-order valence-corrected chi connectivity index (χ1v) is 9.09. The van der Waals surface area contributed by atoms with Crippen LogP contribution in [0.25, 0.3) is 0 Å². The summed E-state index contributed by atoms with van der Waals surface area (Å²) in [5.74, 6) is 0.885. The Bertz CT molecular complexity index is 658. The molecular weight excluding hydrogens is 310 g/mol. The van der Waals surface area contributed by atoms with E-state index in [1.807, 2.05) is 6.20 Å². The van der Waals surface area contributed by atoms with Crippen LogP contribution < -0.4 is 10.6 Å². The van der Waals surface area contributed by atoms with Gasteiger partial charge in [-0.1, -0.05) is 44.2 Å². The van der Waals surface area contributed by atoms with Gasteiger partial charge in [0.1, 0.15) is 0 Å². The third-order valence-electron chi connectivity index (χ3n) is 4.38. The van der Waals surface area contributed by atoms with Gasteiger partial charge in [-0.05, 0) is 37.8 Å². The van der Waals surface area contributed by atoms with Gasteiger partial charge in [-0.3, -0.25) is 10.1 Å². The summed E-state index contributed by atoms with van der Waals surface area (Å²) < 4.78 is 0. The molecule has 25 heavy (non-hydrogen) atoms. The molecule has 0 saturated carbocycles. The second kappa shape index (κ2) is 9.25. The van der Waals surface area contributed by atoms with Crippen molar-refractivity contribution in [3.05, 3.63) is 53.3 Å². The maximum atomic E-state index is 4.79. The number of aryl methyl sites for hydroxylation is 2. The molecule has 136 valence electrons. The molecule has 0 fully saturated rings. The molecular formula is C20H31N5. The number of nitrogens with zero attached hydrogens (tertiary/aromatic N) is 2. The number of aromatic nitrogens is 2. The number of hydrogen-bond donors (Lipinski definition) is 3. The molecule has 5 nitrogen and oxygen atoms in total. The smallest absolute Gasteiger partial charge is 0.191 e. The average molecular weight is 342 g/mol. The minimum atomic E-state index is 0.0114. The van der Waals surface area contributed by atoms with Gasteiger partial charge in [0.2, 0.25) is 0 Å². The highest BCUT2D eigenvalue weighted by Gasteiger charge is 2.19. The fourth-order valence-electron chi connectivity index (χ4n) is 2.71. The lowest BCUT2D eigenvalue weighted by atomic mass is 9.85. The zero-order valence-electron chi connectivity index (χ0n) is 15.9. The van der Waals surface area contributed by atoms with Gasteiger partial charge in [0.05, 0.1) is 12.7 Å². The van der Waals surface area contributed by atoms with Gasteiger partial charge in [0.15, 0.2) is 5.96 Å². The molecule has 0 amide bonds. The lowest BCUT2D eigenvalue weighted by Crippen LogP contribution is -2.39. The van der Waals surface area contributed by atoms with Crippen LogP contribution in [0.3, 0.4) is 0 Å². The zero-order valence-corrected chi connectivity index (χ0v) is 15.9. The van der Waals surface area contributed by atoms with Gasteiger partial charge < -0.3 is 10.6 Å². The molecule has 2 rings (SSSR count). The predicted octanol–water partition coefficient (Wildman–Crippen LogP) is 3.18. The first-order valence-electron chi connectivity index (χ1n) is 9.09. The number of aliphatic imine (C=N–C) groups is 1. The van der Waals surface area contributed by atoms with Gasteiger partial charge in [-0.25, -0.2) is 0 Å². The quantitative estimate of drug-likeness (QED) is 0.392. The zero-order chi connectivity index (χ0) is 18.1. The first-order chi connectivity index (χ1) is 12.0. The van der Waals surface area contributed by atoms with Gasteiger partial charge in [-0.15, -0.1) is 0 Å². The van der Waals surface area contributed by atoms with Gasteiger partial charge in [0, 0.05) is 24.2 Å². The highest BCUT2D eigenvalue weighted by Crippen LogP contribution is 2.22. The Kier molecular flexibility index (Phi) is 7.04. The molecule has 0 atom stereocenters. The number of aromatic amines is 1. The molecule has 3 N–H and O–H groups in total. The molecule has 0 spiro atoms. The molecule has 1 aromatic carbocycles. The van der Waals surface area contributed by atoms with Crippen molar-refractivity contribution >= 4 is 5.96 Å². The Morgan fingerprint density at radius 1 is 1.20 bits per heavy atom. The van der Waals surface area contributed by atoms with E-state index in [1.54, 1.807) is 0 Å². The summed E-state index contributed by atoms with van der Waals surface area (Å²) in [4.78, 5) is 4.79. The topological polar surface area (TPSA) is 65.1 Å². The molecule has 1 heterocycles. The number of guanidine groups is 1. The van der Waals surface area contributed by atoms with E-state index >= 15 is 0 Å². The fourth-order valence-corrected chi connectivity index (χ4v) is 2.71. The molecule has 0 radical (unpaired) electrons. The van der Waals surface area contributed by atoms with E-state index in [1.165, 1.54) is 11.1 Å². The largest absolute Gasteiger partial charge is 0.357 e. The number of rotatable bonds is 8. The third kappa shape index (κ3) is 5.93. The number of nitrogens with one attached hydrogen (secondary N) is 3. The number of H-pyrrole nitrogens is 1. The van der Waals surface area contributed by atoms with Crippen molar-refractivity contribution in [1.82, 2.24) is 20.8 Å². The molecule has 0 bridgehead atoms. The third-order valence-corrected chi connectivity index (χ3v) is 4.38. The molecule has 0 aliphatic rings. The van der Waals surface area contributed by atoms with Crippen molar-refractivity contribution in [3.8, 4) is 0 Å². The highest BCUT2D eigenvalue weighted by molar-refractivity contribution is 5.79. The Hall–Kier alpha value is -2.30. The van der Waals surface area contributed by atoms with Crippen LogP contribution in [0.2, 0.25) is 0 Å². The first kappa shape index (κ1) is 19.0. The monoisotopic (exact) mass is 341 g/mol. The summed E-state index contributed by atoms with van der Waals surface area (Å²) in [6.07, 6.45) is 3.98. The second-order valence-corrected chi connectivity index (χ2v) is 7.00. The van der Waals surface area contributed by atoms with Crippen molar-refractivity contribution in [2.45, 2.75) is 46.0 Å². The Labute approximate surface area is 151 Å². The predicted molar refractivity (Wildman–Crippen MR) is 105 cm³/mol. The normalized spacial score (nSPS) is 12.2. The van der Waals surface area contributed by atoms with Gasteiger partial charge >= 0.3 is 0 Å². The number of hydrogen-bond acceptors (Lipinski definition) is 2. The summed E-state index contributed by atoms with van der Waals surface area (Å²) >= 11 is 0. The maximum Gasteiger partial charge on any atom is 0.191 e. The summed E-state index contributed by atoms with van der Waals surface area (Å²) in [5.41, 5.74) is 3.77. The van der Waals surface area contributed by atoms with Gasteiger partial charge in [-0.2, -0.15) is 5.10 Å². The second-order valence-electron chi connectivity index (χ2n) is 7.00. The Balaban J connectivity index is 1.86. The summed E-state index contributed by atoms with van der Waals surface area (Å²) in [6.45, 7) is 11.1. The van der Waals surface area contributed by atoms with E-state index in [2.05, 4.69) is 78.9 Å². The van der Waals surface area contributed by atoms with Crippen LogP contribution in [0.15, 0.2) is 41.5 Å². The molecule has 5 heteroatoms. The Morgan fingerprint density at radius 2 is 1.96 bits per heavy atom. The van der Waals surface area contributed by atoms with Crippen LogP contribution in [-0.2, 0) is 11.8 Å². The van der Waals surface area contributed by atoms with E-state index in [0.29, 0.717) is 0 Å². The SMILES string of the molecule is CCNC(=NCC(C)(C)c1ccccc1)NCCCc1cn[nH]c1C.